The topological polar surface area (TPSA) is 70.4 Å². The number of nitrogens with one attached hydrogen (secondary N) is 1. The van der Waals surface area contributed by atoms with Crippen LogP contribution < -0.4 is 5.32 Å². The largest absolute Gasteiger partial charge is 0.391 e. The number of likely N-dealkylation sites (tertiary alicyclic amines) is 1. The molecule has 1 aliphatic heterocycles. The van der Waals surface area contributed by atoms with Crippen LogP contribution in [0.1, 0.15) is 31.9 Å². The molecule has 1 unspecified atom stereocenters. The molecule has 2 rings (SSSR count). The Morgan fingerprint density at radius 1 is 1.63 bits per heavy atom. The molecule has 0 aromatic carbocycles. The number of amides is 2. The van der Waals surface area contributed by atoms with Crippen molar-refractivity contribution in [3.05, 3.63) is 11.8 Å². The maximum atomic E-state index is 12.1. The van der Waals surface area contributed by atoms with Crippen LogP contribution >= 0.6 is 0 Å². The van der Waals surface area contributed by atoms with Crippen molar-refractivity contribution in [2.75, 3.05) is 18.4 Å². The third kappa shape index (κ3) is 3.47. The summed E-state index contributed by atoms with van der Waals surface area (Å²) in [4.78, 5) is 13.7. The molecule has 2 N–H and O–H groups in total. The van der Waals surface area contributed by atoms with Gasteiger partial charge in [0.15, 0.2) is 0 Å². The first-order valence-electron chi connectivity index (χ1n) is 6.87. The van der Waals surface area contributed by atoms with Gasteiger partial charge in [0, 0.05) is 26.2 Å². The number of hydrogen-bond acceptors (Lipinski definition) is 3. The second kappa shape index (κ2) is 6.06. The standard InChI is InChI=1S/C13H22N4O2/c1-3-5-10-8-12(16(2)15-10)14-13(19)17-7-4-6-11(18)9-17/h8,11,18H,3-7,9H2,1-2H3,(H,14,19). The molecule has 2 heterocycles. The lowest BCUT2D eigenvalue weighted by Crippen LogP contribution is -2.44. The van der Waals surface area contributed by atoms with Crippen molar-refractivity contribution >= 4 is 11.8 Å². The Morgan fingerprint density at radius 2 is 2.42 bits per heavy atom. The van der Waals surface area contributed by atoms with E-state index < -0.39 is 6.10 Å². The predicted octanol–water partition coefficient (Wildman–Crippen LogP) is 1.36. The van der Waals surface area contributed by atoms with Crippen molar-refractivity contribution in [1.29, 1.82) is 0 Å². The number of carbonyl (C=O) groups excluding carboxylic acids is 1. The normalized spacial score (nSPS) is 19.5. The Kier molecular flexibility index (Phi) is 4.42. The molecule has 0 radical (unpaired) electrons. The fraction of sp³-hybridized carbons (Fsp3) is 0.692. The number of hydrogen-bond donors (Lipinski definition) is 2. The molecule has 19 heavy (non-hydrogen) atoms. The van der Waals surface area contributed by atoms with Gasteiger partial charge in [0.2, 0.25) is 0 Å². The second-order valence-electron chi connectivity index (χ2n) is 5.07. The van der Waals surface area contributed by atoms with Gasteiger partial charge in [0.1, 0.15) is 5.82 Å². The summed E-state index contributed by atoms with van der Waals surface area (Å²) >= 11 is 0. The van der Waals surface area contributed by atoms with Crippen LogP contribution in [-0.2, 0) is 13.5 Å². The molecular weight excluding hydrogens is 244 g/mol. The lowest BCUT2D eigenvalue weighted by molar-refractivity contribution is 0.0883. The van der Waals surface area contributed by atoms with Gasteiger partial charge in [-0.3, -0.25) is 10.00 Å². The first-order valence-corrected chi connectivity index (χ1v) is 6.87. The number of aliphatic hydroxyl groups is 1. The summed E-state index contributed by atoms with van der Waals surface area (Å²) in [5.74, 6) is 0.702. The number of rotatable bonds is 3. The molecule has 1 saturated heterocycles. The Labute approximate surface area is 113 Å². The lowest BCUT2D eigenvalue weighted by Gasteiger charge is -2.30. The van der Waals surface area contributed by atoms with Crippen molar-refractivity contribution < 1.29 is 9.90 Å². The molecule has 0 spiro atoms. The van der Waals surface area contributed by atoms with E-state index in [0.29, 0.717) is 18.9 Å². The molecule has 1 fully saturated rings. The van der Waals surface area contributed by atoms with E-state index in [9.17, 15) is 9.90 Å². The summed E-state index contributed by atoms with van der Waals surface area (Å²) in [5.41, 5.74) is 0.985. The highest BCUT2D eigenvalue weighted by molar-refractivity contribution is 5.88. The minimum Gasteiger partial charge on any atom is -0.391 e. The fourth-order valence-corrected chi connectivity index (χ4v) is 2.35. The Hall–Kier alpha value is -1.56. The van der Waals surface area contributed by atoms with Crippen LogP contribution in [-0.4, -0.2) is 45.0 Å². The highest BCUT2D eigenvalue weighted by Gasteiger charge is 2.22. The van der Waals surface area contributed by atoms with Gasteiger partial charge in [0.25, 0.3) is 0 Å². The maximum Gasteiger partial charge on any atom is 0.323 e. The molecule has 2 amide bonds. The first kappa shape index (κ1) is 13.9. The van der Waals surface area contributed by atoms with Gasteiger partial charge in [-0.2, -0.15) is 5.10 Å². The van der Waals surface area contributed by atoms with E-state index in [4.69, 9.17) is 0 Å². The smallest absolute Gasteiger partial charge is 0.323 e. The van der Waals surface area contributed by atoms with Crippen molar-refractivity contribution in [2.45, 2.75) is 38.7 Å². The average Bonchev–Trinajstić information content (AvgIpc) is 2.70. The van der Waals surface area contributed by atoms with Crippen LogP contribution in [0.2, 0.25) is 0 Å². The van der Waals surface area contributed by atoms with Gasteiger partial charge in [-0.05, 0) is 19.3 Å². The van der Waals surface area contributed by atoms with E-state index in [2.05, 4.69) is 17.3 Å². The Morgan fingerprint density at radius 3 is 3.11 bits per heavy atom. The lowest BCUT2D eigenvalue weighted by atomic mass is 10.1. The van der Waals surface area contributed by atoms with E-state index in [0.717, 1.165) is 31.4 Å². The molecule has 1 aliphatic rings. The van der Waals surface area contributed by atoms with Crippen molar-refractivity contribution in [3.63, 3.8) is 0 Å². The molecule has 1 atom stereocenters. The zero-order valence-corrected chi connectivity index (χ0v) is 11.6. The zero-order valence-electron chi connectivity index (χ0n) is 11.6. The summed E-state index contributed by atoms with van der Waals surface area (Å²) in [6.45, 7) is 3.20. The quantitative estimate of drug-likeness (QED) is 0.868. The van der Waals surface area contributed by atoms with Gasteiger partial charge in [-0.1, -0.05) is 13.3 Å². The number of piperidine rings is 1. The number of carbonyl (C=O) groups is 1. The number of aromatic nitrogens is 2. The van der Waals surface area contributed by atoms with Crippen LogP contribution in [0.3, 0.4) is 0 Å². The molecule has 0 aliphatic carbocycles. The van der Waals surface area contributed by atoms with Gasteiger partial charge in [-0.15, -0.1) is 0 Å². The van der Waals surface area contributed by atoms with Gasteiger partial charge >= 0.3 is 6.03 Å². The van der Waals surface area contributed by atoms with Crippen molar-refractivity contribution in [1.82, 2.24) is 14.7 Å². The molecule has 6 heteroatoms. The summed E-state index contributed by atoms with van der Waals surface area (Å²) in [5, 5.41) is 16.8. The highest BCUT2D eigenvalue weighted by Crippen LogP contribution is 2.14. The summed E-state index contributed by atoms with van der Waals surface area (Å²) in [7, 11) is 1.82. The minimum atomic E-state index is -0.401. The second-order valence-corrected chi connectivity index (χ2v) is 5.07. The molecule has 6 nitrogen and oxygen atoms in total. The van der Waals surface area contributed by atoms with Crippen LogP contribution in [0.5, 0.6) is 0 Å². The SMILES string of the molecule is CCCc1cc(NC(=O)N2CCCC(O)C2)n(C)n1. The van der Waals surface area contributed by atoms with Crippen LogP contribution in [0, 0.1) is 0 Å². The predicted molar refractivity (Wildman–Crippen MR) is 73.0 cm³/mol. The maximum absolute atomic E-state index is 12.1. The molecule has 0 saturated carbocycles. The minimum absolute atomic E-state index is 0.162. The number of aryl methyl sites for hydroxylation is 2. The number of β-amino-alcohol motifs (C(OH)–C–C–N with tert-alkyl or cyclic N) is 1. The Balaban J connectivity index is 1.98. The number of aliphatic hydroxyl groups excluding tert-OH is 1. The zero-order chi connectivity index (χ0) is 13.8. The van der Waals surface area contributed by atoms with Crippen LogP contribution in [0.25, 0.3) is 0 Å². The van der Waals surface area contributed by atoms with Crippen LogP contribution in [0.4, 0.5) is 10.6 Å². The number of anilines is 1. The number of nitrogens with zero attached hydrogens (tertiary/aromatic N) is 3. The summed E-state index contributed by atoms with van der Waals surface area (Å²) in [6.07, 6.45) is 3.16. The number of urea groups is 1. The molecule has 1 aromatic rings. The fourth-order valence-electron chi connectivity index (χ4n) is 2.35. The molecule has 106 valence electrons. The average molecular weight is 266 g/mol. The van der Waals surface area contributed by atoms with Crippen LogP contribution in [0.15, 0.2) is 6.07 Å². The summed E-state index contributed by atoms with van der Waals surface area (Å²) in [6, 6.07) is 1.74. The molecule has 0 bridgehead atoms. The molecule has 1 aromatic heterocycles. The first-order chi connectivity index (χ1) is 9.10. The van der Waals surface area contributed by atoms with E-state index >= 15 is 0 Å². The van der Waals surface area contributed by atoms with Gasteiger partial charge in [0.05, 0.1) is 11.8 Å². The summed E-state index contributed by atoms with van der Waals surface area (Å²) < 4.78 is 1.68. The van der Waals surface area contributed by atoms with E-state index in [-0.39, 0.29) is 6.03 Å². The van der Waals surface area contributed by atoms with Gasteiger partial charge < -0.3 is 10.0 Å². The van der Waals surface area contributed by atoms with E-state index in [1.54, 1.807) is 9.58 Å². The van der Waals surface area contributed by atoms with E-state index in [1.165, 1.54) is 0 Å². The third-order valence-corrected chi connectivity index (χ3v) is 3.36. The van der Waals surface area contributed by atoms with Gasteiger partial charge in [-0.25, -0.2) is 4.79 Å². The van der Waals surface area contributed by atoms with E-state index in [1.807, 2.05) is 13.1 Å². The highest BCUT2D eigenvalue weighted by atomic mass is 16.3. The van der Waals surface area contributed by atoms with Crippen molar-refractivity contribution in [2.24, 2.45) is 7.05 Å². The Bertz CT molecular complexity index is 444. The molecular formula is C13H22N4O2. The third-order valence-electron chi connectivity index (χ3n) is 3.36. The van der Waals surface area contributed by atoms with Crippen molar-refractivity contribution in [3.8, 4) is 0 Å². The monoisotopic (exact) mass is 266 g/mol.